The van der Waals surface area contributed by atoms with Gasteiger partial charge in [0.25, 0.3) is 0 Å². The van der Waals surface area contributed by atoms with Gasteiger partial charge in [0.1, 0.15) is 5.82 Å². The highest BCUT2D eigenvalue weighted by molar-refractivity contribution is 8.14. The van der Waals surface area contributed by atoms with Gasteiger partial charge in [0, 0.05) is 12.2 Å². The highest BCUT2D eigenvalue weighted by atomic mass is 32.2. The predicted octanol–water partition coefficient (Wildman–Crippen LogP) is 3.18. The average molecular weight is 280 g/mol. The molecule has 0 radical (unpaired) electrons. The molecule has 102 valence electrons. The smallest absolute Gasteiger partial charge is 0.234 e. The summed E-state index contributed by atoms with van der Waals surface area (Å²) in [5, 5.41) is 3.74. The second-order valence-corrected chi connectivity index (χ2v) is 5.85. The number of hydrogen-bond acceptors (Lipinski definition) is 3. The fourth-order valence-corrected chi connectivity index (χ4v) is 3.07. The first-order valence-corrected chi connectivity index (χ1v) is 7.34. The Morgan fingerprint density at radius 1 is 1.47 bits per heavy atom. The van der Waals surface area contributed by atoms with Crippen molar-refractivity contribution >= 4 is 28.4 Å². The SMILES string of the molecule is CCSC1=NCC(C)C1C(=O)Nc1ccc(F)cc1. The van der Waals surface area contributed by atoms with E-state index in [2.05, 4.69) is 10.3 Å². The lowest BCUT2D eigenvalue weighted by Crippen LogP contribution is -2.30. The minimum absolute atomic E-state index is 0.0590. The molecule has 5 heteroatoms. The number of nitrogens with one attached hydrogen (secondary N) is 1. The zero-order valence-electron chi connectivity index (χ0n) is 11.0. The van der Waals surface area contributed by atoms with E-state index in [0.717, 1.165) is 10.8 Å². The van der Waals surface area contributed by atoms with E-state index < -0.39 is 0 Å². The van der Waals surface area contributed by atoms with Crippen molar-refractivity contribution in [3.63, 3.8) is 0 Å². The Kier molecular flexibility index (Phi) is 4.58. The standard InChI is InChI=1S/C14H17FN2OS/c1-3-19-14-12(9(2)8-16-14)13(18)17-11-6-4-10(15)5-7-11/h4-7,9,12H,3,8H2,1-2H3,(H,17,18). The fraction of sp³-hybridized carbons (Fsp3) is 0.429. The van der Waals surface area contributed by atoms with E-state index in [9.17, 15) is 9.18 Å². The zero-order chi connectivity index (χ0) is 13.8. The number of carbonyl (C=O) groups is 1. The summed E-state index contributed by atoms with van der Waals surface area (Å²) in [7, 11) is 0. The van der Waals surface area contributed by atoms with Gasteiger partial charge in [0.15, 0.2) is 0 Å². The van der Waals surface area contributed by atoms with Gasteiger partial charge >= 0.3 is 0 Å². The summed E-state index contributed by atoms with van der Waals surface area (Å²) < 4.78 is 12.8. The highest BCUT2D eigenvalue weighted by Gasteiger charge is 2.34. The topological polar surface area (TPSA) is 41.5 Å². The van der Waals surface area contributed by atoms with Crippen molar-refractivity contribution in [3.8, 4) is 0 Å². The molecular weight excluding hydrogens is 263 g/mol. The van der Waals surface area contributed by atoms with Gasteiger partial charge in [-0.05, 0) is 35.9 Å². The highest BCUT2D eigenvalue weighted by Crippen LogP contribution is 2.28. The molecule has 0 saturated heterocycles. The predicted molar refractivity (Wildman–Crippen MR) is 78.1 cm³/mol. The number of hydrogen-bond donors (Lipinski definition) is 1. The molecule has 0 spiro atoms. The van der Waals surface area contributed by atoms with Crippen LogP contribution < -0.4 is 5.32 Å². The van der Waals surface area contributed by atoms with Crippen molar-refractivity contribution in [1.82, 2.24) is 0 Å². The van der Waals surface area contributed by atoms with Crippen LogP contribution in [0.3, 0.4) is 0 Å². The maximum atomic E-state index is 12.8. The molecule has 1 heterocycles. The number of amides is 1. The van der Waals surface area contributed by atoms with E-state index in [0.29, 0.717) is 12.2 Å². The summed E-state index contributed by atoms with van der Waals surface area (Å²) in [6.45, 7) is 4.77. The summed E-state index contributed by atoms with van der Waals surface area (Å²) >= 11 is 1.62. The largest absolute Gasteiger partial charge is 0.325 e. The zero-order valence-corrected chi connectivity index (χ0v) is 11.8. The van der Waals surface area contributed by atoms with Gasteiger partial charge in [0.2, 0.25) is 5.91 Å². The average Bonchev–Trinajstić information content (AvgIpc) is 2.74. The molecule has 1 aromatic carbocycles. The van der Waals surface area contributed by atoms with Crippen LogP contribution in [0.5, 0.6) is 0 Å². The van der Waals surface area contributed by atoms with E-state index in [1.165, 1.54) is 12.1 Å². The summed E-state index contributed by atoms with van der Waals surface area (Å²) in [6.07, 6.45) is 0. The molecule has 1 N–H and O–H groups in total. The molecule has 2 rings (SSSR count). The number of halogens is 1. The number of rotatable bonds is 3. The van der Waals surface area contributed by atoms with Gasteiger partial charge < -0.3 is 5.32 Å². The molecule has 3 nitrogen and oxygen atoms in total. The molecule has 1 aliphatic rings. The Morgan fingerprint density at radius 3 is 2.79 bits per heavy atom. The maximum absolute atomic E-state index is 12.8. The Morgan fingerprint density at radius 2 is 2.16 bits per heavy atom. The summed E-state index contributed by atoms with van der Waals surface area (Å²) in [4.78, 5) is 16.7. The Labute approximate surface area is 116 Å². The lowest BCUT2D eigenvalue weighted by molar-refractivity contribution is -0.118. The van der Waals surface area contributed by atoms with Crippen LogP contribution in [0.4, 0.5) is 10.1 Å². The van der Waals surface area contributed by atoms with Gasteiger partial charge in [-0.25, -0.2) is 4.39 Å². The Bertz CT molecular complexity index is 487. The fourth-order valence-electron chi connectivity index (χ4n) is 2.09. The lowest BCUT2D eigenvalue weighted by atomic mass is 9.97. The Balaban J connectivity index is 2.06. The molecule has 0 saturated carbocycles. The third kappa shape index (κ3) is 3.35. The molecule has 0 aromatic heterocycles. The molecule has 19 heavy (non-hydrogen) atoms. The van der Waals surface area contributed by atoms with Crippen molar-refractivity contribution in [2.24, 2.45) is 16.8 Å². The third-order valence-corrected chi connectivity index (χ3v) is 4.02. The van der Waals surface area contributed by atoms with Crippen LogP contribution >= 0.6 is 11.8 Å². The van der Waals surface area contributed by atoms with Gasteiger partial charge in [-0.15, -0.1) is 11.8 Å². The van der Waals surface area contributed by atoms with Gasteiger partial charge in [-0.3, -0.25) is 9.79 Å². The first-order valence-electron chi connectivity index (χ1n) is 6.35. The van der Waals surface area contributed by atoms with Crippen LogP contribution in [0, 0.1) is 17.7 Å². The molecular formula is C14H17FN2OS. The van der Waals surface area contributed by atoms with Crippen LogP contribution in [0.1, 0.15) is 13.8 Å². The van der Waals surface area contributed by atoms with Gasteiger partial charge in [0.05, 0.1) is 11.0 Å². The van der Waals surface area contributed by atoms with Crippen molar-refractivity contribution < 1.29 is 9.18 Å². The Hall–Kier alpha value is -1.36. The lowest BCUT2D eigenvalue weighted by Gasteiger charge is -2.17. The minimum atomic E-state index is -0.309. The van der Waals surface area contributed by atoms with E-state index in [4.69, 9.17) is 0 Å². The van der Waals surface area contributed by atoms with Crippen LogP contribution in [-0.4, -0.2) is 23.2 Å². The molecule has 1 aliphatic heterocycles. The number of carbonyl (C=O) groups excluding carboxylic acids is 1. The molecule has 1 amide bonds. The summed E-state index contributed by atoms with van der Waals surface area (Å²) in [5.74, 6) is 0.572. The second-order valence-electron chi connectivity index (χ2n) is 4.56. The maximum Gasteiger partial charge on any atom is 0.234 e. The first kappa shape index (κ1) is 14.1. The number of anilines is 1. The molecule has 1 aromatic rings. The van der Waals surface area contributed by atoms with Crippen LogP contribution in [0.15, 0.2) is 29.3 Å². The number of nitrogens with zero attached hydrogens (tertiary/aromatic N) is 1. The number of benzene rings is 1. The van der Waals surface area contributed by atoms with Crippen LogP contribution in [-0.2, 0) is 4.79 Å². The van der Waals surface area contributed by atoms with Crippen molar-refractivity contribution in [2.75, 3.05) is 17.6 Å². The number of aliphatic imine (C=N–C) groups is 1. The molecule has 0 fully saturated rings. The minimum Gasteiger partial charge on any atom is -0.325 e. The van der Waals surface area contributed by atoms with Crippen molar-refractivity contribution in [2.45, 2.75) is 13.8 Å². The van der Waals surface area contributed by atoms with E-state index in [-0.39, 0.29) is 23.6 Å². The van der Waals surface area contributed by atoms with E-state index in [1.807, 2.05) is 13.8 Å². The quantitative estimate of drug-likeness (QED) is 0.924. The molecule has 0 aliphatic carbocycles. The normalized spacial score (nSPS) is 22.2. The van der Waals surface area contributed by atoms with E-state index >= 15 is 0 Å². The molecule has 2 unspecified atom stereocenters. The van der Waals surface area contributed by atoms with Crippen molar-refractivity contribution in [3.05, 3.63) is 30.1 Å². The van der Waals surface area contributed by atoms with Crippen LogP contribution in [0.2, 0.25) is 0 Å². The third-order valence-electron chi connectivity index (χ3n) is 3.06. The summed E-state index contributed by atoms with van der Waals surface area (Å²) in [6, 6.07) is 5.81. The van der Waals surface area contributed by atoms with Gasteiger partial charge in [-0.1, -0.05) is 13.8 Å². The van der Waals surface area contributed by atoms with E-state index in [1.54, 1.807) is 23.9 Å². The first-order chi connectivity index (χ1) is 9.11. The molecule has 2 atom stereocenters. The second kappa shape index (κ2) is 6.19. The molecule has 0 bridgehead atoms. The van der Waals surface area contributed by atoms with Crippen LogP contribution in [0.25, 0.3) is 0 Å². The van der Waals surface area contributed by atoms with Gasteiger partial charge in [-0.2, -0.15) is 0 Å². The monoisotopic (exact) mass is 280 g/mol. The number of thioether (sulfide) groups is 1. The van der Waals surface area contributed by atoms with Crippen molar-refractivity contribution in [1.29, 1.82) is 0 Å². The summed E-state index contributed by atoms with van der Waals surface area (Å²) in [5.41, 5.74) is 0.617.